The summed E-state index contributed by atoms with van der Waals surface area (Å²) in [6.07, 6.45) is 13.1. The minimum absolute atomic E-state index is 0.121. The molecule has 1 N–H and O–H groups in total. The molecule has 3 aliphatic rings. The molecule has 4 heterocycles. The van der Waals surface area contributed by atoms with E-state index < -0.39 is 21.9 Å². The second kappa shape index (κ2) is 15.1. The van der Waals surface area contributed by atoms with E-state index in [1.165, 1.54) is 0 Å². The predicted octanol–water partition coefficient (Wildman–Crippen LogP) is 4.75. The Morgan fingerprint density at radius 3 is 2.62 bits per heavy atom. The number of aromatic nitrogens is 1. The number of amides is 2. The number of Topliss-reactive ketones (excluding diaryl/α,β-unsaturated/α-hetero) is 1. The highest BCUT2D eigenvalue weighted by molar-refractivity contribution is 7.98. The summed E-state index contributed by atoms with van der Waals surface area (Å²) in [6, 6.07) is 9.77. The molecule has 0 radical (unpaired) electrons. The number of nitrogens with zero attached hydrogens (tertiary/aromatic N) is 4. The minimum atomic E-state index is -4.07. The van der Waals surface area contributed by atoms with E-state index in [4.69, 9.17) is 19.2 Å². The number of benzene rings is 1. The van der Waals surface area contributed by atoms with Crippen molar-refractivity contribution in [2.24, 2.45) is 4.99 Å². The molecule has 256 valence electrons. The number of imide groups is 1. The SMILES string of the molecule is CSc1cc2c([n+](CCCCCC(=O)CON3C(=O)CCC3=O)c1)N=C(C=CC=C1c3ccccc3ON1CCCS(=O)(=O)O)C2(C)C. The number of aliphatic imine (C=N–C) groups is 1. The molecule has 48 heavy (non-hydrogen) atoms. The maximum Gasteiger partial charge on any atom is 0.327 e. The van der Waals surface area contributed by atoms with Gasteiger partial charge in [-0.1, -0.05) is 18.2 Å². The third-order valence-corrected chi connectivity index (χ3v) is 9.98. The van der Waals surface area contributed by atoms with Crippen molar-refractivity contribution in [1.82, 2.24) is 10.1 Å². The summed E-state index contributed by atoms with van der Waals surface area (Å²) in [6.45, 7) is 5.03. The Hall–Kier alpha value is -3.85. The van der Waals surface area contributed by atoms with E-state index >= 15 is 0 Å². The van der Waals surface area contributed by atoms with Crippen molar-refractivity contribution in [1.29, 1.82) is 0 Å². The maximum atomic E-state index is 12.3. The number of ketones is 1. The van der Waals surface area contributed by atoms with Crippen LogP contribution < -0.4 is 9.40 Å². The number of para-hydroxylation sites is 1. The van der Waals surface area contributed by atoms with Gasteiger partial charge in [0.2, 0.25) is 0 Å². The Labute approximate surface area is 285 Å². The van der Waals surface area contributed by atoms with Gasteiger partial charge in [0.25, 0.3) is 21.9 Å². The number of fused-ring (bicyclic) bond motifs is 2. The lowest BCUT2D eigenvalue weighted by Gasteiger charge is -2.18. The fourth-order valence-corrected chi connectivity index (χ4v) is 6.79. The molecule has 5 rings (SSSR count). The second-order valence-electron chi connectivity index (χ2n) is 12.4. The summed E-state index contributed by atoms with van der Waals surface area (Å²) in [5, 5.41) is 2.36. The van der Waals surface area contributed by atoms with Crippen LogP contribution >= 0.6 is 11.8 Å². The van der Waals surface area contributed by atoms with Crippen LogP contribution in [0.4, 0.5) is 5.82 Å². The lowest BCUT2D eigenvalue weighted by atomic mass is 9.82. The molecule has 1 fully saturated rings. The van der Waals surface area contributed by atoms with Crippen molar-refractivity contribution in [3.63, 3.8) is 0 Å². The molecule has 0 bridgehead atoms. The van der Waals surface area contributed by atoms with Crippen molar-refractivity contribution < 1.29 is 41.6 Å². The number of hydrogen-bond acceptors (Lipinski definition) is 10. The van der Waals surface area contributed by atoms with Crippen LogP contribution in [0, 0.1) is 0 Å². The largest absolute Gasteiger partial charge is 0.379 e. The van der Waals surface area contributed by atoms with E-state index in [1.54, 1.807) is 16.8 Å². The number of pyridine rings is 1. The summed E-state index contributed by atoms with van der Waals surface area (Å²) in [7, 11) is -4.07. The summed E-state index contributed by atoms with van der Waals surface area (Å²) in [4.78, 5) is 52.9. The summed E-state index contributed by atoms with van der Waals surface area (Å²) < 4.78 is 33.8. The number of hydrogen-bond donors (Lipinski definition) is 1. The molecule has 1 aromatic heterocycles. The highest BCUT2D eigenvalue weighted by Crippen LogP contribution is 2.40. The van der Waals surface area contributed by atoms with Gasteiger partial charge in [0.1, 0.15) is 12.8 Å². The van der Waals surface area contributed by atoms with Crippen LogP contribution in [0.1, 0.15) is 69.9 Å². The molecule has 0 saturated carbocycles. The fraction of sp³-hybridized carbons (Fsp3) is 0.441. The first-order valence-electron chi connectivity index (χ1n) is 16.0. The Morgan fingerprint density at radius 2 is 1.90 bits per heavy atom. The molecule has 1 aromatic carbocycles. The normalized spacial score (nSPS) is 17.8. The molecule has 0 spiro atoms. The average molecular weight is 698 g/mol. The minimum Gasteiger partial charge on any atom is -0.379 e. The van der Waals surface area contributed by atoms with Gasteiger partial charge in [-0.25, -0.2) is 9.63 Å². The van der Waals surface area contributed by atoms with Gasteiger partial charge < -0.3 is 4.84 Å². The molecule has 14 heteroatoms. The third-order valence-electron chi connectivity index (χ3n) is 8.49. The number of carbonyl (C=O) groups is 3. The molecule has 2 amide bonds. The molecule has 12 nitrogen and oxygen atoms in total. The molecular formula is C34H41N4O8S2+. The summed E-state index contributed by atoms with van der Waals surface area (Å²) in [5.41, 5.74) is 3.34. The lowest BCUT2D eigenvalue weighted by molar-refractivity contribution is -0.686. The molecule has 1 saturated heterocycles. The number of hydroxylamine groups is 4. The number of allylic oxidation sites excluding steroid dienone is 3. The van der Waals surface area contributed by atoms with Crippen molar-refractivity contribution in [2.45, 2.75) is 75.6 Å². The lowest BCUT2D eigenvalue weighted by Crippen LogP contribution is -2.35. The van der Waals surface area contributed by atoms with Gasteiger partial charge in [0, 0.05) is 29.7 Å². The van der Waals surface area contributed by atoms with Crippen LogP contribution in [-0.4, -0.2) is 71.6 Å². The van der Waals surface area contributed by atoms with E-state index in [0.717, 1.165) is 52.6 Å². The maximum absolute atomic E-state index is 12.3. The molecule has 0 aliphatic carbocycles. The van der Waals surface area contributed by atoms with Crippen LogP contribution in [0.3, 0.4) is 0 Å². The first kappa shape index (κ1) is 35.5. The smallest absolute Gasteiger partial charge is 0.327 e. The van der Waals surface area contributed by atoms with Gasteiger partial charge in [-0.15, -0.1) is 11.8 Å². The molecular weight excluding hydrogens is 657 g/mol. The number of aryl methyl sites for hydroxylation is 1. The second-order valence-corrected chi connectivity index (χ2v) is 14.8. The van der Waals surface area contributed by atoms with E-state index in [-0.39, 0.29) is 49.4 Å². The Balaban J connectivity index is 1.23. The summed E-state index contributed by atoms with van der Waals surface area (Å²) in [5.74, 6) is 0.264. The zero-order chi connectivity index (χ0) is 34.5. The topological polar surface area (TPSA) is 147 Å². The Morgan fingerprint density at radius 1 is 1.15 bits per heavy atom. The average Bonchev–Trinajstić information content (AvgIpc) is 3.64. The highest BCUT2D eigenvalue weighted by atomic mass is 32.2. The quantitative estimate of drug-likeness (QED) is 0.0857. The van der Waals surface area contributed by atoms with E-state index in [0.29, 0.717) is 23.7 Å². The van der Waals surface area contributed by atoms with Crippen molar-refractivity contribution in [3.8, 4) is 5.75 Å². The third kappa shape index (κ3) is 8.41. The van der Waals surface area contributed by atoms with Crippen molar-refractivity contribution in [2.75, 3.05) is 25.2 Å². The van der Waals surface area contributed by atoms with Gasteiger partial charge in [-0.3, -0.25) is 23.8 Å². The fourth-order valence-electron chi connectivity index (χ4n) is 5.83. The van der Waals surface area contributed by atoms with Crippen LogP contribution in [0.15, 0.2) is 64.6 Å². The van der Waals surface area contributed by atoms with Gasteiger partial charge in [-0.2, -0.15) is 13.5 Å². The zero-order valence-corrected chi connectivity index (χ0v) is 29.0. The van der Waals surface area contributed by atoms with Gasteiger partial charge >= 0.3 is 5.82 Å². The van der Waals surface area contributed by atoms with Crippen LogP contribution in [0.5, 0.6) is 5.75 Å². The highest BCUT2D eigenvalue weighted by Gasteiger charge is 2.42. The van der Waals surface area contributed by atoms with Crippen LogP contribution in [0.2, 0.25) is 0 Å². The molecule has 2 aromatic rings. The number of thioether (sulfide) groups is 1. The van der Waals surface area contributed by atoms with Crippen molar-refractivity contribution >= 4 is 56.7 Å². The van der Waals surface area contributed by atoms with Gasteiger partial charge in [0.15, 0.2) is 17.2 Å². The number of carbonyl (C=O) groups excluding carboxylic acids is 3. The molecule has 0 unspecified atom stereocenters. The Kier molecular flexibility index (Phi) is 11.2. The first-order chi connectivity index (χ1) is 22.9. The summed E-state index contributed by atoms with van der Waals surface area (Å²) >= 11 is 1.67. The van der Waals surface area contributed by atoms with Gasteiger partial charge in [-0.05, 0) is 81.1 Å². The monoisotopic (exact) mass is 697 g/mol. The standard InChI is InChI=1S/C34H40N4O8S2/c1-34(2)27-21-25(47-3)22-36(18-8-4-5-11-24(39)23-45-38-31(40)16-17-32(38)41)33(27)35-30(34)15-9-13-28-26-12-6-7-14-29(26)46-37(28)19-10-20-48(42,43)44/h6-7,9,12-15,21-22H,4-5,8,10-11,16-20,23H2,1-3H3/p+1. The predicted molar refractivity (Wildman–Crippen MR) is 181 cm³/mol. The molecule has 3 aliphatic heterocycles. The van der Waals surface area contributed by atoms with E-state index in [1.807, 2.05) is 48.7 Å². The Bertz CT molecular complexity index is 1770. The van der Waals surface area contributed by atoms with Crippen LogP contribution in [-0.2, 0) is 41.3 Å². The van der Waals surface area contributed by atoms with Crippen molar-refractivity contribution in [3.05, 3.63) is 65.9 Å². The van der Waals surface area contributed by atoms with Gasteiger partial charge in [0.05, 0.1) is 35.5 Å². The number of unbranched alkanes of at least 4 members (excludes halogenated alkanes) is 2. The van der Waals surface area contributed by atoms with E-state index in [2.05, 4.69) is 30.7 Å². The molecule has 0 atom stereocenters. The van der Waals surface area contributed by atoms with E-state index in [9.17, 15) is 22.8 Å². The first-order valence-corrected chi connectivity index (χ1v) is 18.8. The zero-order valence-electron chi connectivity index (χ0n) is 27.4. The number of rotatable bonds is 16. The van der Waals surface area contributed by atoms with Crippen LogP contribution in [0.25, 0.3) is 5.70 Å².